The van der Waals surface area contributed by atoms with Gasteiger partial charge in [-0.2, -0.15) is 0 Å². The Morgan fingerprint density at radius 2 is 2.20 bits per heavy atom. The van der Waals surface area contributed by atoms with Gasteiger partial charge in [-0.25, -0.2) is 4.79 Å². The Morgan fingerprint density at radius 3 is 2.73 bits per heavy atom. The van der Waals surface area contributed by atoms with Gasteiger partial charge in [0.25, 0.3) is 0 Å². The number of azide groups is 1. The molecule has 1 saturated heterocycles. The molecule has 6 heteroatoms. The number of amides is 1. The van der Waals surface area contributed by atoms with Crippen molar-refractivity contribution < 1.29 is 9.90 Å². The fraction of sp³-hybridized carbons (Fsp3) is 0.889. The molecule has 84 valence electrons. The topological polar surface area (TPSA) is 89.3 Å². The summed E-state index contributed by atoms with van der Waals surface area (Å²) in [5, 5.41) is 12.2. The van der Waals surface area contributed by atoms with Crippen LogP contribution in [0.3, 0.4) is 0 Å². The van der Waals surface area contributed by atoms with Gasteiger partial charge in [0.05, 0.1) is 0 Å². The fourth-order valence-corrected chi connectivity index (χ4v) is 1.91. The van der Waals surface area contributed by atoms with Crippen molar-refractivity contribution in [3.05, 3.63) is 10.4 Å². The largest absolute Gasteiger partial charge is 0.465 e. The summed E-state index contributed by atoms with van der Waals surface area (Å²) in [5.74, 6) is 0.592. The van der Waals surface area contributed by atoms with E-state index < -0.39 is 6.09 Å². The summed E-state index contributed by atoms with van der Waals surface area (Å²) in [6.07, 6.45) is 2.99. The molecule has 1 N–H and O–H groups in total. The van der Waals surface area contributed by atoms with E-state index in [0.29, 0.717) is 25.6 Å². The molecule has 1 aliphatic rings. The summed E-state index contributed by atoms with van der Waals surface area (Å²) in [7, 11) is 0. The van der Waals surface area contributed by atoms with Gasteiger partial charge in [-0.05, 0) is 30.7 Å². The van der Waals surface area contributed by atoms with E-state index in [9.17, 15) is 4.79 Å². The zero-order valence-electron chi connectivity index (χ0n) is 8.67. The van der Waals surface area contributed by atoms with Gasteiger partial charge in [0.15, 0.2) is 0 Å². The highest BCUT2D eigenvalue weighted by atomic mass is 16.4. The van der Waals surface area contributed by atoms with Crippen molar-refractivity contribution in [1.29, 1.82) is 0 Å². The standard InChI is InChI=1S/C9H16N4O2/c10-12-11-5-1-2-8-3-6-13(7-4-8)9(14)15/h8H,1-7H2,(H,14,15). The lowest BCUT2D eigenvalue weighted by Gasteiger charge is -2.29. The smallest absolute Gasteiger partial charge is 0.407 e. The first-order valence-electron chi connectivity index (χ1n) is 5.22. The molecule has 0 radical (unpaired) electrons. The van der Waals surface area contributed by atoms with E-state index >= 15 is 0 Å². The van der Waals surface area contributed by atoms with Crippen LogP contribution in [0.4, 0.5) is 4.79 Å². The zero-order chi connectivity index (χ0) is 11.1. The van der Waals surface area contributed by atoms with Gasteiger partial charge in [0.2, 0.25) is 0 Å². The number of piperidine rings is 1. The lowest BCUT2D eigenvalue weighted by Crippen LogP contribution is -2.37. The summed E-state index contributed by atoms with van der Waals surface area (Å²) in [6, 6.07) is 0. The Morgan fingerprint density at radius 1 is 1.53 bits per heavy atom. The van der Waals surface area contributed by atoms with Gasteiger partial charge in [-0.1, -0.05) is 11.5 Å². The van der Waals surface area contributed by atoms with Gasteiger partial charge < -0.3 is 10.0 Å². The summed E-state index contributed by atoms with van der Waals surface area (Å²) < 4.78 is 0. The van der Waals surface area contributed by atoms with Crippen LogP contribution in [-0.4, -0.2) is 35.7 Å². The number of hydrogen-bond donors (Lipinski definition) is 1. The van der Waals surface area contributed by atoms with Gasteiger partial charge in [-0.15, -0.1) is 0 Å². The molecule has 0 spiro atoms. The summed E-state index contributed by atoms with van der Waals surface area (Å²) in [6.45, 7) is 1.83. The molecule has 0 aromatic rings. The number of rotatable bonds is 4. The average Bonchev–Trinajstić information content (AvgIpc) is 2.25. The first kappa shape index (κ1) is 11.7. The van der Waals surface area contributed by atoms with Crippen LogP contribution >= 0.6 is 0 Å². The zero-order valence-corrected chi connectivity index (χ0v) is 8.67. The SMILES string of the molecule is [N-]=[N+]=NCCCC1CCN(C(=O)O)CC1. The molecule has 0 saturated carbocycles. The predicted octanol–water partition coefficient (Wildman–Crippen LogP) is 2.47. The lowest BCUT2D eigenvalue weighted by atomic mass is 9.92. The molecule has 1 rings (SSSR count). The highest BCUT2D eigenvalue weighted by Gasteiger charge is 2.21. The monoisotopic (exact) mass is 212 g/mol. The van der Waals surface area contributed by atoms with Gasteiger partial charge in [-0.3, -0.25) is 0 Å². The molecular weight excluding hydrogens is 196 g/mol. The van der Waals surface area contributed by atoms with Crippen molar-refractivity contribution in [2.45, 2.75) is 25.7 Å². The second-order valence-corrected chi connectivity index (χ2v) is 3.81. The Bertz CT molecular complexity index is 252. The summed E-state index contributed by atoms with van der Waals surface area (Å²) >= 11 is 0. The van der Waals surface area contributed by atoms with E-state index in [0.717, 1.165) is 25.7 Å². The Labute approximate surface area is 88.5 Å². The molecule has 0 aromatic heterocycles. The second-order valence-electron chi connectivity index (χ2n) is 3.81. The van der Waals surface area contributed by atoms with Crippen LogP contribution < -0.4 is 0 Å². The van der Waals surface area contributed by atoms with Crippen LogP contribution in [0.2, 0.25) is 0 Å². The Hall–Kier alpha value is -1.42. The Kier molecular flexibility index (Phi) is 4.77. The predicted molar refractivity (Wildman–Crippen MR) is 55.6 cm³/mol. The lowest BCUT2D eigenvalue weighted by molar-refractivity contribution is 0.123. The third-order valence-corrected chi connectivity index (χ3v) is 2.82. The normalized spacial score (nSPS) is 17.2. The van der Waals surface area contributed by atoms with E-state index in [-0.39, 0.29) is 0 Å². The molecule has 0 aromatic carbocycles. The van der Waals surface area contributed by atoms with Crippen LogP contribution in [0.5, 0.6) is 0 Å². The molecule has 1 heterocycles. The first-order valence-corrected chi connectivity index (χ1v) is 5.22. The van der Waals surface area contributed by atoms with Gasteiger partial charge in [0, 0.05) is 24.5 Å². The van der Waals surface area contributed by atoms with E-state index in [4.69, 9.17) is 10.6 Å². The van der Waals surface area contributed by atoms with E-state index in [1.54, 1.807) is 0 Å². The molecule has 0 aliphatic carbocycles. The van der Waals surface area contributed by atoms with Crippen LogP contribution in [0.1, 0.15) is 25.7 Å². The van der Waals surface area contributed by atoms with Crippen molar-refractivity contribution in [3.8, 4) is 0 Å². The van der Waals surface area contributed by atoms with E-state index in [1.807, 2.05) is 0 Å². The number of nitrogens with zero attached hydrogens (tertiary/aromatic N) is 4. The molecule has 0 unspecified atom stereocenters. The molecule has 1 fully saturated rings. The van der Waals surface area contributed by atoms with Crippen LogP contribution in [0.15, 0.2) is 5.11 Å². The van der Waals surface area contributed by atoms with Gasteiger partial charge >= 0.3 is 6.09 Å². The van der Waals surface area contributed by atoms with Crippen molar-refractivity contribution in [2.24, 2.45) is 11.0 Å². The quantitative estimate of drug-likeness (QED) is 0.335. The van der Waals surface area contributed by atoms with Crippen molar-refractivity contribution >= 4 is 6.09 Å². The highest BCUT2D eigenvalue weighted by molar-refractivity contribution is 5.64. The number of likely N-dealkylation sites (tertiary alicyclic amines) is 1. The van der Waals surface area contributed by atoms with E-state index in [1.165, 1.54) is 4.90 Å². The van der Waals surface area contributed by atoms with Crippen molar-refractivity contribution in [2.75, 3.05) is 19.6 Å². The Balaban J connectivity index is 2.14. The minimum atomic E-state index is -0.817. The fourth-order valence-electron chi connectivity index (χ4n) is 1.91. The van der Waals surface area contributed by atoms with Crippen LogP contribution in [-0.2, 0) is 0 Å². The maximum atomic E-state index is 10.6. The molecular formula is C9H16N4O2. The van der Waals surface area contributed by atoms with Crippen molar-refractivity contribution in [1.82, 2.24) is 4.90 Å². The van der Waals surface area contributed by atoms with Crippen LogP contribution in [0, 0.1) is 5.92 Å². The number of carbonyl (C=O) groups is 1. The minimum absolute atomic E-state index is 0.551. The summed E-state index contributed by atoms with van der Waals surface area (Å²) in [4.78, 5) is 14.8. The molecule has 15 heavy (non-hydrogen) atoms. The molecule has 1 amide bonds. The number of carboxylic acid groups (broad SMARTS) is 1. The maximum Gasteiger partial charge on any atom is 0.407 e. The number of hydrogen-bond acceptors (Lipinski definition) is 2. The third kappa shape index (κ3) is 4.08. The molecule has 0 bridgehead atoms. The maximum absolute atomic E-state index is 10.6. The average molecular weight is 212 g/mol. The van der Waals surface area contributed by atoms with Crippen LogP contribution in [0.25, 0.3) is 10.4 Å². The third-order valence-electron chi connectivity index (χ3n) is 2.82. The second kappa shape index (κ2) is 6.14. The van der Waals surface area contributed by atoms with Gasteiger partial charge in [0.1, 0.15) is 0 Å². The van der Waals surface area contributed by atoms with E-state index in [2.05, 4.69) is 10.0 Å². The van der Waals surface area contributed by atoms with Crippen molar-refractivity contribution in [3.63, 3.8) is 0 Å². The first-order chi connectivity index (χ1) is 7.24. The molecule has 1 aliphatic heterocycles. The highest BCUT2D eigenvalue weighted by Crippen LogP contribution is 2.21. The minimum Gasteiger partial charge on any atom is -0.465 e. The molecule has 0 atom stereocenters. The molecule has 6 nitrogen and oxygen atoms in total. The summed E-state index contributed by atoms with van der Waals surface area (Å²) in [5.41, 5.74) is 8.09.